The van der Waals surface area contributed by atoms with Crippen molar-refractivity contribution in [2.75, 3.05) is 59.7 Å². The maximum atomic E-state index is 13.7. The predicted molar refractivity (Wildman–Crippen MR) is 182 cm³/mol. The summed E-state index contributed by atoms with van der Waals surface area (Å²) in [4.78, 5) is 24.8. The van der Waals surface area contributed by atoms with E-state index in [0.717, 1.165) is 61.0 Å². The number of carbonyl (C=O) groups is 1. The van der Waals surface area contributed by atoms with Crippen LogP contribution in [0.15, 0.2) is 42.6 Å². The van der Waals surface area contributed by atoms with E-state index in [1.165, 1.54) is 0 Å². The Labute approximate surface area is 268 Å². The molecule has 5 fully saturated rings. The Morgan fingerprint density at radius 3 is 2.27 bits per heavy atom. The fourth-order valence-corrected chi connectivity index (χ4v) is 13.2. The van der Waals surface area contributed by atoms with E-state index in [-0.39, 0.29) is 17.8 Å². The smallest absolute Gasteiger partial charge is 0.322 e. The largest absolute Gasteiger partial charge is 0.390 e. The molecular formula is C33H48N6O4SSi. The van der Waals surface area contributed by atoms with Crippen molar-refractivity contribution in [2.45, 2.75) is 69.4 Å². The molecular weight excluding hydrogens is 605 g/mol. The second kappa shape index (κ2) is 11.5. The number of anilines is 4. The molecule has 0 spiro atoms. The van der Waals surface area contributed by atoms with Crippen molar-refractivity contribution in [2.24, 2.45) is 17.8 Å². The lowest BCUT2D eigenvalue weighted by atomic mass is 9.52. The highest BCUT2D eigenvalue weighted by atomic mass is 32.2. The predicted octanol–water partition coefficient (Wildman–Crippen LogP) is 4.48. The van der Waals surface area contributed by atoms with E-state index in [1.807, 2.05) is 41.4 Å². The summed E-state index contributed by atoms with van der Waals surface area (Å²) < 4.78 is 27.5. The number of sulfonamides is 1. The summed E-state index contributed by atoms with van der Waals surface area (Å²) in [5.74, 6) is 2.42. The number of aromatic nitrogens is 1. The summed E-state index contributed by atoms with van der Waals surface area (Å²) in [6, 6.07) is 13.0. The highest BCUT2D eigenvalue weighted by Crippen LogP contribution is 2.55. The summed E-state index contributed by atoms with van der Waals surface area (Å²) in [5, 5.41) is 14.4. The van der Waals surface area contributed by atoms with Gasteiger partial charge in [0.2, 0.25) is 10.0 Å². The number of hydrogen-bond donors (Lipinski definition) is 2. The highest BCUT2D eigenvalue weighted by molar-refractivity contribution is 7.89. The normalized spacial score (nSPS) is 30.0. The van der Waals surface area contributed by atoms with Crippen molar-refractivity contribution in [3.8, 4) is 0 Å². The molecule has 1 aromatic carbocycles. The van der Waals surface area contributed by atoms with E-state index in [1.54, 1.807) is 4.31 Å². The topological polar surface area (TPSA) is 109 Å². The molecule has 2 aromatic rings. The van der Waals surface area contributed by atoms with Crippen LogP contribution in [0, 0.1) is 17.8 Å². The van der Waals surface area contributed by atoms with E-state index in [9.17, 15) is 18.3 Å². The van der Waals surface area contributed by atoms with Gasteiger partial charge in [0, 0.05) is 53.4 Å². The number of amides is 2. The molecule has 12 heteroatoms. The first-order valence-corrected chi connectivity index (χ1v) is 22.0. The number of pyridine rings is 1. The van der Waals surface area contributed by atoms with Crippen LogP contribution in [0.4, 0.5) is 27.7 Å². The van der Waals surface area contributed by atoms with Gasteiger partial charge in [0.15, 0.2) is 0 Å². The fraction of sp³-hybridized carbons (Fsp3) is 0.636. The van der Waals surface area contributed by atoms with Gasteiger partial charge in [-0.3, -0.25) is 4.90 Å². The van der Waals surface area contributed by atoms with Gasteiger partial charge in [-0.1, -0.05) is 31.8 Å². The molecule has 6 aliphatic rings. The molecule has 244 valence electrons. The minimum Gasteiger partial charge on any atom is -0.390 e. The van der Waals surface area contributed by atoms with Crippen molar-refractivity contribution in [3.63, 3.8) is 0 Å². The standard InChI is InChI=1S/C33H48N6O4SSi/c1-45(2,3)17-16-44(42,43)37-12-10-36(11-13-37)27-8-9-30(34-23-27)38-14-15-39(29-7-5-4-6-28(29)38)32(40)35-31-25-18-24-19-26(31)22-33(41,20-24)21-25/h4-9,23-26,31,41H,10-22H2,1-3H3,(H,35,40). The number of urea groups is 1. The van der Waals surface area contributed by atoms with Crippen molar-refractivity contribution < 1.29 is 18.3 Å². The average Bonchev–Trinajstić information content (AvgIpc) is 3.00. The summed E-state index contributed by atoms with van der Waals surface area (Å²) >= 11 is 0. The molecule has 0 radical (unpaired) electrons. The Kier molecular flexibility index (Phi) is 7.94. The van der Waals surface area contributed by atoms with Crippen LogP contribution in [0.3, 0.4) is 0 Å². The summed E-state index contributed by atoms with van der Waals surface area (Å²) in [5.41, 5.74) is 2.31. The monoisotopic (exact) mass is 652 g/mol. The average molecular weight is 653 g/mol. The number of nitrogens with one attached hydrogen (secondary N) is 1. The number of fused-ring (bicyclic) bond motifs is 1. The number of para-hydroxylation sites is 2. The molecule has 4 aliphatic carbocycles. The van der Waals surface area contributed by atoms with Gasteiger partial charge in [0.05, 0.1) is 34.6 Å². The third-order valence-corrected chi connectivity index (χ3v) is 14.9. The molecule has 3 heterocycles. The molecule has 4 bridgehead atoms. The molecule has 8 rings (SSSR count). The number of carbonyl (C=O) groups excluding carboxylic acids is 1. The quantitative estimate of drug-likeness (QED) is 0.425. The molecule has 2 atom stereocenters. The van der Waals surface area contributed by atoms with Crippen LogP contribution < -0.4 is 20.0 Å². The van der Waals surface area contributed by atoms with Crippen LogP contribution in [-0.4, -0.2) is 93.6 Å². The second-order valence-corrected chi connectivity index (χ2v) is 23.1. The first kappa shape index (κ1) is 31.0. The van der Waals surface area contributed by atoms with E-state index >= 15 is 0 Å². The highest BCUT2D eigenvalue weighted by Gasteiger charge is 2.55. The number of piperazine rings is 1. The number of hydrogen-bond acceptors (Lipinski definition) is 7. The zero-order chi connectivity index (χ0) is 31.6. The van der Waals surface area contributed by atoms with Gasteiger partial charge in [-0.15, -0.1) is 0 Å². The SMILES string of the molecule is C[Si](C)(C)CCS(=O)(=O)N1CCN(c2ccc(N3CCN(C(=O)NC4C5CC6CC4CC(O)(C6)C5)c4ccccc43)nc2)CC1. The maximum absolute atomic E-state index is 13.7. The van der Waals surface area contributed by atoms with Gasteiger partial charge in [0.25, 0.3) is 0 Å². The molecule has 2 N–H and O–H groups in total. The van der Waals surface area contributed by atoms with Crippen LogP contribution in [0.1, 0.15) is 32.1 Å². The van der Waals surface area contributed by atoms with Gasteiger partial charge in [0.1, 0.15) is 5.82 Å². The number of nitrogens with zero attached hydrogens (tertiary/aromatic N) is 5. The lowest BCUT2D eigenvalue weighted by Gasteiger charge is -2.58. The third kappa shape index (κ3) is 6.23. The number of benzene rings is 1. The lowest BCUT2D eigenvalue weighted by molar-refractivity contribution is -0.136. The lowest BCUT2D eigenvalue weighted by Crippen LogP contribution is -2.63. The van der Waals surface area contributed by atoms with E-state index < -0.39 is 23.7 Å². The molecule has 45 heavy (non-hydrogen) atoms. The molecule has 1 aromatic heterocycles. The molecule has 4 saturated carbocycles. The number of aliphatic hydroxyl groups is 1. The summed E-state index contributed by atoms with van der Waals surface area (Å²) in [6.07, 6.45) is 6.67. The minimum atomic E-state index is -3.22. The van der Waals surface area contributed by atoms with Crippen LogP contribution in [-0.2, 0) is 10.0 Å². The summed E-state index contributed by atoms with van der Waals surface area (Å²) in [6.45, 7) is 10.1. The van der Waals surface area contributed by atoms with E-state index in [4.69, 9.17) is 4.98 Å². The van der Waals surface area contributed by atoms with Crippen LogP contribution in [0.2, 0.25) is 25.7 Å². The Hall–Kier alpha value is -2.67. The van der Waals surface area contributed by atoms with Crippen LogP contribution in [0.5, 0.6) is 0 Å². The van der Waals surface area contributed by atoms with Crippen molar-refractivity contribution >= 4 is 47.0 Å². The Morgan fingerprint density at radius 1 is 0.956 bits per heavy atom. The maximum Gasteiger partial charge on any atom is 0.322 e. The Balaban J connectivity index is 0.995. The minimum absolute atomic E-state index is 0.0449. The van der Waals surface area contributed by atoms with E-state index in [0.29, 0.717) is 57.0 Å². The zero-order valence-electron chi connectivity index (χ0n) is 26.9. The van der Waals surface area contributed by atoms with Gasteiger partial charge in [-0.25, -0.2) is 18.2 Å². The van der Waals surface area contributed by atoms with Crippen molar-refractivity contribution in [1.82, 2.24) is 14.6 Å². The Bertz CT molecular complexity index is 1510. The summed E-state index contributed by atoms with van der Waals surface area (Å²) in [7, 11) is -4.65. The van der Waals surface area contributed by atoms with Crippen molar-refractivity contribution in [1.29, 1.82) is 0 Å². The van der Waals surface area contributed by atoms with Gasteiger partial charge in [-0.05, 0) is 80.2 Å². The molecule has 1 saturated heterocycles. The first-order chi connectivity index (χ1) is 21.4. The van der Waals surface area contributed by atoms with Gasteiger partial charge in [-0.2, -0.15) is 4.31 Å². The van der Waals surface area contributed by atoms with Crippen molar-refractivity contribution in [3.05, 3.63) is 42.6 Å². The molecule has 2 unspecified atom stereocenters. The zero-order valence-corrected chi connectivity index (χ0v) is 28.7. The molecule has 10 nitrogen and oxygen atoms in total. The third-order valence-electron chi connectivity index (χ3n) is 10.9. The molecule has 2 aliphatic heterocycles. The van der Waals surface area contributed by atoms with Gasteiger partial charge >= 0.3 is 6.03 Å². The fourth-order valence-electron chi connectivity index (χ4n) is 8.76. The van der Waals surface area contributed by atoms with Crippen LogP contribution in [0.25, 0.3) is 0 Å². The van der Waals surface area contributed by atoms with Gasteiger partial charge < -0.3 is 20.2 Å². The Morgan fingerprint density at radius 2 is 1.64 bits per heavy atom. The number of rotatable bonds is 7. The second-order valence-electron chi connectivity index (χ2n) is 15.3. The van der Waals surface area contributed by atoms with Crippen LogP contribution >= 0.6 is 0 Å². The first-order valence-electron chi connectivity index (χ1n) is 16.7. The van der Waals surface area contributed by atoms with E-state index in [2.05, 4.69) is 40.8 Å². The molecule has 2 amide bonds.